The van der Waals surface area contributed by atoms with Crippen molar-refractivity contribution in [2.45, 2.75) is 39.5 Å². The zero-order valence-corrected chi connectivity index (χ0v) is 19.6. The van der Waals surface area contributed by atoms with Gasteiger partial charge >= 0.3 is 0 Å². The summed E-state index contributed by atoms with van der Waals surface area (Å²) in [4.78, 5) is 4.62. The predicted molar refractivity (Wildman–Crippen MR) is 125 cm³/mol. The van der Waals surface area contributed by atoms with Crippen molar-refractivity contribution in [2.24, 2.45) is 0 Å². The average molecular weight is 476 g/mol. The lowest BCUT2D eigenvalue weighted by atomic mass is 10.1. The summed E-state index contributed by atoms with van der Waals surface area (Å²) in [7, 11) is 0. The molecule has 0 spiro atoms. The summed E-state index contributed by atoms with van der Waals surface area (Å²) in [6, 6.07) is 12.9. The third-order valence-corrected chi connectivity index (χ3v) is 5.96. The predicted octanol–water partition coefficient (Wildman–Crippen LogP) is 7.76. The van der Waals surface area contributed by atoms with Gasteiger partial charge in [0.05, 0.1) is 16.4 Å². The Morgan fingerprint density at radius 3 is 2.42 bits per heavy atom. The molecule has 5 nitrogen and oxygen atoms in total. The number of hydrogen-bond donors (Lipinski definition) is 0. The van der Waals surface area contributed by atoms with Gasteiger partial charge in [-0.05, 0) is 43.7 Å². The second-order valence-corrected chi connectivity index (χ2v) is 8.76. The van der Waals surface area contributed by atoms with Crippen LogP contribution >= 0.6 is 34.8 Å². The van der Waals surface area contributed by atoms with E-state index >= 15 is 0 Å². The molecule has 0 aliphatic rings. The Hall–Kier alpha value is -2.34. The lowest BCUT2D eigenvalue weighted by Crippen LogP contribution is -2.00. The maximum Gasteiger partial charge on any atom is 0.229 e. The molecular weight excluding hydrogens is 455 g/mol. The highest BCUT2D eigenvalue weighted by Gasteiger charge is 2.24. The number of rotatable bonds is 6. The van der Waals surface area contributed by atoms with Crippen LogP contribution < -0.4 is 0 Å². The van der Waals surface area contributed by atoms with Gasteiger partial charge < -0.3 is 4.52 Å². The van der Waals surface area contributed by atoms with Crippen molar-refractivity contribution in [2.75, 3.05) is 0 Å². The molecule has 4 rings (SSSR count). The summed E-state index contributed by atoms with van der Waals surface area (Å²) < 4.78 is 7.32. The molecule has 8 heteroatoms. The number of halogens is 3. The largest absolute Gasteiger partial charge is 0.339 e. The molecule has 0 amide bonds. The van der Waals surface area contributed by atoms with Crippen LogP contribution in [0.5, 0.6) is 0 Å². The fourth-order valence-corrected chi connectivity index (χ4v) is 4.18. The Balaban J connectivity index is 1.89. The van der Waals surface area contributed by atoms with Crippen molar-refractivity contribution in [1.82, 2.24) is 19.9 Å². The van der Waals surface area contributed by atoms with Crippen molar-refractivity contribution in [3.63, 3.8) is 0 Å². The molecule has 160 valence electrons. The molecule has 31 heavy (non-hydrogen) atoms. The van der Waals surface area contributed by atoms with Crippen molar-refractivity contribution in [1.29, 1.82) is 0 Å². The molecule has 0 saturated heterocycles. The first-order valence-electron chi connectivity index (χ1n) is 10.0. The highest BCUT2D eigenvalue weighted by atomic mass is 35.5. The highest BCUT2D eigenvalue weighted by molar-refractivity contribution is 6.35. The molecule has 0 aliphatic carbocycles. The van der Waals surface area contributed by atoms with E-state index in [0.29, 0.717) is 38.2 Å². The van der Waals surface area contributed by atoms with Gasteiger partial charge in [0.1, 0.15) is 5.69 Å². The van der Waals surface area contributed by atoms with Gasteiger partial charge in [-0.3, -0.25) is 0 Å². The number of aromatic nitrogens is 4. The van der Waals surface area contributed by atoms with Gasteiger partial charge in [0.25, 0.3) is 0 Å². The summed E-state index contributed by atoms with van der Waals surface area (Å²) in [5.74, 6) is 1.26. The molecule has 2 aromatic heterocycles. The van der Waals surface area contributed by atoms with Gasteiger partial charge in [-0.1, -0.05) is 72.4 Å². The number of benzene rings is 2. The third-order valence-electron chi connectivity index (χ3n) is 5.17. The molecule has 1 atom stereocenters. The van der Waals surface area contributed by atoms with E-state index in [4.69, 9.17) is 44.4 Å². The van der Waals surface area contributed by atoms with Gasteiger partial charge in [-0.25, -0.2) is 4.68 Å². The van der Waals surface area contributed by atoms with E-state index in [1.54, 1.807) is 16.8 Å². The van der Waals surface area contributed by atoms with E-state index in [-0.39, 0.29) is 5.92 Å². The first-order chi connectivity index (χ1) is 14.9. The molecule has 2 heterocycles. The van der Waals surface area contributed by atoms with Crippen LogP contribution in [0.25, 0.3) is 28.5 Å². The van der Waals surface area contributed by atoms with Gasteiger partial charge in [-0.2, -0.15) is 10.1 Å². The lowest BCUT2D eigenvalue weighted by molar-refractivity contribution is 0.353. The van der Waals surface area contributed by atoms with Crippen LogP contribution in [0, 0.1) is 6.92 Å². The zero-order chi connectivity index (χ0) is 22.1. The lowest BCUT2D eigenvalue weighted by Gasteiger charge is -2.11. The van der Waals surface area contributed by atoms with E-state index in [0.717, 1.165) is 29.7 Å². The van der Waals surface area contributed by atoms with E-state index in [1.165, 1.54) is 0 Å². The fraction of sp³-hybridized carbons (Fsp3) is 0.261. The fourth-order valence-electron chi connectivity index (χ4n) is 3.57. The molecule has 4 aromatic rings. The molecule has 1 unspecified atom stereocenters. The van der Waals surface area contributed by atoms with E-state index in [9.17, 15) is 0 Å². The minimum Gasteiger partial charge on any atom is -0.339 e. The van der Waals surface area contributed by atoms with Crippen molar-refractivity contribution in [3.8, 4) is 28.5 Å². The normalized spacial score (nSPS) is 12.3. The number of hydrogen-bond acceptors (Lipinski definition) is 4. The van der Waals surface area contributed by atoms with Crippen molar-refractivity contribution < 1.29 is 4.52 Å². The summed E-state index contributed by atoms with van der Waals surface area (Å²) >= 11 is 18.7. The van der Waals surface area contributed by atoms with E-state index < -0.39 is 0 Å². The van der Waals surface area contributed by atoms with E-state index in [1.807, 2.05) is 37.3 Å². The van der Waals surface area contributed by atoms with Crippen LogP contribution in [0.1, 0.15) is 44.1 Å². The Kier molecular flexibility index (Phi) is 6.37. The monoisotopic (exact) mass is 474 g/mol. The maximum absolute atomic E-state index is 6.52. The van der Waals surface area contributed by atoms with Crippen LogP contribution in [-0.4, -0.2) is 19.9 Å². The minimum atomic E-state index is 0.190. The Morgan fingerprint density at radius 2 is 1.74 bits per heavy atom. The van der Waals surface area contributed by atoms with Crippen LogP contribution in [0.4, 0.5) is 0 Å². The molecule has 0 saturated carbocycles. The smallest absolute Gasteiger partial charge is 0.229 e. The maximum atomic E-state index is 6.52. The van der Waals surface area contributed by atoms with Gasteiger partial charge in [0.2, 0.25) is 11.7 Å². The SMILES string of the molecule is CCCC(C)c1nc(-c2nn(-c3ccc(Cl)cc3Cl)c(-c3ccc(Cl)cc3)c2C)no1. The Morgan fingerprint density at radius 1 is 1.03 bits per heavy atom. The van der Waals surface area contributed by atoms with Crippen LogP contribution in [0.15, 0.2) is 47.0 Å². The molecular formula is C23H21Cl3N4O. The third kappa shape index (κ3) is 4.36. The van der Waals surface area contributed by atoms with Gasteiger partial charge in [-0.15, -0.1) is 0 Å². The minimum absolute atomic E-state index is 0.190. The van der Waals surface area contributed by atoms with Crippen molar-refractivity contribution >= 4 is 34.8 Å². The molecule has 0 bridgehead atoms. The summed E-state index contributed by atoms with van der Waals surface area (Å²) in [6.45, 7) is 6.20. The molecule has 2 aromatic carbocycles. The Bertz CT molecular complexity index is 1210. The van der Waals surface area contributed by atoms with Crippen molar-refractivity contribution in [3.05, 3.63) is 69.0 Å². The standard InChI is InChI=1S/C23H21Cl3N4O/c1-4-5-13(2)23-27-22(29-31-23)20-14(3)21(15-6-8-16(24)9-7-15)30(28-20)19-11-10-17(25)12-18(19)26/h6-13H,4-5H2,1-3H3. The summed E-state index contributed by atoms with van der Waals surface area (Å²) in [5.41, 5.74) is 4.05. The molecule has 0 fully saturated rings. The number of nitrogens with zero attached hydrogens (tertiary/aromatic N) is 4. The summed E-state index contributed by atoms with van der Waals surface area (Å²) in [6.07, 6.45) is 2.02. The average Bonchev–Trinajstić information content (AvgIpc) is 3.34. The van der Waals surface area contributed by atoms with Gasteiger partial charge in [0, 0.05) is 27.1 Å². The topological polar surface area (TPSA) is 56.7 Å². The molecule has 0 radical (unpaired) electrons. The highest BCUT2D eigenvalue weighted by Crippen LogP contribution is 2.36. The Labute approximate surface area is 195 Å². The molecule has 0 aliphatic heterocycles. The second kappa shape index (κ2) is 9.03. The second-order valence-electron chi connectivity index (χ2n) is 7.48. The van der Waals surface area contributed by atoms with Gasteiger partial charge in [0.15, 0.2) is 0 Å². The first kappa shape index (κ1) is 21.9. The zero-order valence-electron chi connectivity index (χ0n) is 17.4. The van der Waals surface area contributed by atoms with Crippen LogP contribution in [-0.2, 0) is 0 Å². The van der Waals surface area contributed by atoms with Crippen LogP contribution in [0.3, 0.4) is 0 Å². The quantitative estimate of drug-likeness (QED) is 0.286. The molecule has 0 N–H and O–H groups in total. The van der Waals surface area contributed by atoms with Crippen LogP contribution in [0.2, 0.25) is 15.1 Å². The van der Waals surface area contributed by atoms with E-state index in [2.05, 4.69) is 24.0 Å². The summed E-state index contributed by atoms with van der Waals surface area (Å²) in [5, 5.41) is 10.7. The first-order valence-corrected chi connectivity index (χ1v) is 11.2.